The summed E-state index contributed by atoms with van der Waals surface area (Å²) < 4.78 is 25.1. The molecule has 2 atom stereocenters. The van der Waals surface area contributed by atoms with Crippen molar-refractivity contribution in [3.05, 3.63) is 41.5 Å². The minimum absolute atomic E-state index is 0.00603. The Morgan fingerprint density at radius 2 is 1.89 bits per heavy atom. The predicted molar refractivity (Wildman–Crippen MR) is 75.6 cm³/mol. The smallest absolute Gasteiger partial charge is 0.181 e. The van der Waals surface area contributed by atoms with E-state index >= 15 is 0 Å². The van der Waals surface area contributed by atoms with Crippen LogP contribution in [0.5, 0.6) is 0 Å². The van der Waals surface area contributed by atoms with E-state index in [0.717, 1.165) is 11.1 Å². The number of allylic oxidation sites excluding steroid dienone is 1. The highest BCUT2D eigenvalue weighted by molar-refractivity contribution is 7.92. The molecule has 1 saturated carbocycles. The third kappa shape index (κ3) is 2.74. The fourth-order valence-corrected chi connectivity index (χ4v) is 4.60. The SMILES string of the molecule is CC(C)=C1CC(S(=O)(=O)c2ccccc2)CC1CO. The molecule has 1 aliphatic carbocycles. The van der Waals surface area contributed by atoms with Crippen molar-refractivity contribution >= 4 is 9.84 Å². The number of hydrogen-bond acceptors (Lipinski definition) is 3. The van der Waals surface area contributed by atoms with E-state index in [9.17, 15) is 13.5 Å². The standard InChI is InChI=1S/C15H20O3S/c1-11(2)15-9-14(8-12(15)10-16)19(17,18)13-6-4-3-5-7-13/h3-7,12,14,16H,8-10H2,1-2H3. The van der Waals surface area contributed by atoms with Crippen molar-refractivity contribution < 1.29 is 13.5 Å². The van der Waals surface area contributed by atoms with Crippen molar-refractivity contribution in [2.45, 2.75) is 36.8 Å². The van der Waals surface area contributed by atoms with Crippen molar-refractivity contribution in [2.24, 2.45) is 5.92 Å². The van der Waals surface area contributed by atoms with Crippen LogP contribution in [0.2, 0.25) is 0 Å². The fourth-order valence-electron chi connectivity index (χ4n) is 2.79. The first-order valence-corrected chi connectivity index (χ1v) is 8.07. The maximum atomic E-state index is 12.6. The summed E-state index contributed by atoms with van der Waals surface area (Å²) >= 11 is 0. The minimum Gasteiger partial charge on any atom is -0.396 e. The van der Waals surface area contributed by atoms with Crippen LogP contribution in [0.1, 0.15) is 26.7 Å². The Morgan fingerprint density at radius 3 is 2.37 bits per heavy atom. The second kappa shape index (κ2) is 5.47. The molecule has 0 saturated heterocycles. The minimum atomic E-state index is -3.29. The van der Waals surface area contributed by atoms with Gasteiger partial charge in [0.1, 0.15) is 0 Å². The lowest BCUT2D eigenvalue weighted by Gasteiger charge is -2.11. The first kappa shape index (κ1) is 14.3. The molecule has 4 heteroatoms. The summed E-state index contributed by atoms with van der Waals surface area (Å²) in [7, 11) is -3.29. The summed E-state index contributed by atoms with van der Waals surface area (Å²) in [5, 5.41) is 9.00. The van der Waals surface area contributed by atoms with Crippen molar-refractivity contribution in [3.8, 4) is 0 Å². The molecule has 3 nitrogen and oxygen atoms in total. The average Bonchev–Trinajstić information content (AvgIpc) is 2.84. The molecule has 1 N–H and O–H groups in total. The van der Waals surface area contributed by atoms with E-state index < -0.39 is 15.1 Å². The highest BCUT2D eigenvalue weighted by Crippen LogP contribution is 2.38. The molecule has 0 amide bonds. The summed E-state index contributed by atoms with van der Waals surface area (Å²) in [4.78, 5) is 0.381. The lowest BCUT2D eigenvalue weighted by Crippen LogP contribution is -2.18. The van der Waals surface area contributed by atoms with Gasteiger partial charge in [0.05, 0.1) is 10.1 Å². The first-order chi connectivity index (χ1) is 8.96. The number of aliphatic hydroxyl groups is 1. The molecule has 0 aromatic heterocycles. The molecule has 19 heavy (non-hydrogen) atoms. The Hall–Kier alpha value is -1.13. The second-order valence-electron chi connectivity index (χ2n) is 5.32. The van der Waals surface area contributed by atoms with Crippen LogP contribution in [0.3, 0.4) is 0 Å². The van der Waals surface area contributed by atoms with Crippen LogP contribution in [0.15, 0.2) is 46.4 Å². The number of sulfone groups is 1. The molecule has 104 valence electrons. The molecular weight excluding hydrogens is 260 g/mol. The van der Waals surface area contributed by atoms with E-state index in [1.165, 1.54) is 0 Å². The molecule has 0 radical (unpaired) electrons. The third-order valence-corrected chi connectivity index (χ3v) is 6.03. The number of rotatable bonds is 3. The van der Waals surface area contributed by atoms with Crippen LogP contribution in [-0.4, -0.2) is 25.4 Å². The van der Waals surface area contributed by atoms with Gasteiger partial charge in [0.15, 0.2) is 9.84 Å². The van der Waals surface area contributed by atoms with Gasteiger partial charge < -0.3 is 5.11 Å². The average molecular weight is 280 g/mol. The molecule has 2 unspecified atom stereocenters. The van der Waals surface area contributed by atoms with Crippen molar-refractivity contribution in [2.75, 3.05) is 6.61 Å². The van der Waals surface area contributed by atoms with E-state index in [2.05, 4.69) is 0 Å². The zero-order chi connectivity index (χ0) is 14.0. The van der Waals surface area contributed by atoms with Gasteiger partial charge in [-0.1, -0.05) is 29.3 Å². The summed E-state index contributed by atoms with van der Waals surface area (Å²) in [6, 6.07) is 8.58. The Bertz CT molecular complexity index is 569. The topological polar surface area (TPSA) is 54.4 Å². The molecule has 1 aliphatic rings. The first-order valence-electron chi connectivity index (χ1n) is 6.53. The van der Waals surface area contributed by atoms with Crippen LogP contribution in [0, 0.1) is 5.92 Å². The quantitative estimate of drug-likeness (QED) is 0.866. The van der Waals surface area contributed by atoms with E-state index in [-0.39, 0.29) is 12.5 Å². The van der Waals surface area contributed by atoms with E-state index in [1.54, 1.807) is 24.3 Å². The molecule has 0 spiro atoms. The number of benzene rings is 1. The van der Waals surface area contributed by atoms with Gasteiger partial charge in [0.25, 0.3) is 0 Å². The monoisotopic (exact) mass is 280 g/mol. The Labute approximate surface area is 114 Å². The summed E-state index contributed by atoms with van der Waals surface area (Å²) in [6.07, 6.45) is 1.07. The van der Waals surface area contributed by atoms with Gasteiger partial charge in [0, 0.05) is 12.5 Å². The zero-order valence-corrected chi connectivity index (χ0v) is 12.2. The summed E-state index contributed by atoms with van der Waals surface area (Å²) in [5.41, 5.74) is 2.23. The number of aliphatic hydroxyl groups excluding tert-OH is 1. The third-order valence-electron chi connectivity index (χ3n) is 3.86. The molecular formula is C15H20O3S. The van der Waals surface area contributed by atoms with Gasteiger partial charge in [-0.2, -0.15) is 0 Å². The molecule has 1 fully saturated rings. The lowest BCUT2D eigenvalue weighted by atomic mass is 10.00. The summed E-state index contributed by atoms with van der Waals surface area (Å²) in [5.74, 6) is -0.00603. The van der Waals surface area contributed by atoms with Gasteiger partial charge in [-0.05, 0) is 38.8 Å². The van der Waals surface area contributed by atoms with Crippen molar-refractivity contribution in [3.63, 3.8) is 0 Å². The normalized spacial score (nSPS) is 23.6. The molecule has 1 aromatic carbocycles. The van der Waals surface area contributed by atoms with Crippen LogP contribution < -0.4 is 0 Å². The van der Waals surface area contributed by atoms with E-state index in [0.29, 0.717) is 17.7 Å². The molecule has 0 aliphatic heterocycles. The van der Waals surface area contributed by atoms with Gasteiger partial charge in [-0.3, -0.25) is 0 Å². The van der Waals surface area contributed by atoms with Gasteiger partial charge in [0.2, 0.25) is 0 Å². The molecule has 0 bridgehead atoms. The highest BCUT2D eigenvalue weighted by atomic mass is 32.2. The predicted octanol–water partition coefficient (Wildman–Crippen LogP) is 2.57. The van der Waals surface area contributed by atoms with Crippen LogP contribution in [0.4, 0.5) is 0 Å². The largest absolute Gasteiger partial charge is 0.396 e. The lowest BCUT2D eigenvalue weighted by molar-refractivity contribution is 0.249. The Balaban J connectivity index is 2.33. The molecule has 0 heterocycles. The van der Waals surface area contributed by atoms with Gasteiger partial charge >= 0.3 is 0 Å². The fraction of sp³-hybridized carbons (Fsp3) is 0.467. The summed E-state index contributed by atoms with van der Waals surface area (Å²) in [6.45, 7) is 3.99. The van der Waals surface area contributed by atoms with Crippen LogP contribution in [-0.2, 0) is 9.84 Å². The number of hydrogen-bond donors (Lipinski definition) is 1. The van der Waals surface area contributed by atoms with Crippen LogP contribution in [0.25, 0.3) is 0 Å². The van der Waals surface area contributed by atoms with Crippen LogP contribution >= 0.6 is 0 Å². The maximum Gasteiger partial charge on any atom is 0.181 e. The van der Waals surface area contributed by atoms with Gasteiger partial charge in [-0.25, -0.2) is 8.42 Å². The zero-order valence-electron chi connectivity index (χ0n) is 11.3. The molecule has 1 aromatic rings. The molecule has 2 rings (SSSR count). The highest BCUT2D eigenvalue weighted by Gasteiger charge is 2.38. The van der Waals surface area contributed by atoms with Gasteiger partial charge in [-0.15, -0.1) is 0 Å². The van der Waals surface area contributed by atoms with E-state index in [4.69, 9.17) is 0 Å². The van der Waals surface area contributed by atoms with Crippen molar-refractivity contribution in [1.82, 2.24) is 0 Å². The second-order valence-corrected chi connectivity index (χ2v) is 7.55. The Morgan fingerprint density at radius 1 is 1.26 bits per heavy atom. The van der Waals surface area contributed by atoms with E-state index in [1.807, 2.05) is 19.9 Å². The maximum absolute atomic E-state index is 12.6. The Kier molecular flexibility index (Phi) is 4.11. The van der Waals surface area contributed by atoms with Crippen molar-refractivity contribution in [1.29, 1.82) is 0 Å².